The van der Waals surface area contributed by atoms with Gasteiger partial charge in [-0.2, -0.15) is 10.2 Å². The van der Waals surface area contributed by atoms with Gasteiger partial charge in [0, 0.05) is 11.2 Å². The quantitative estimate of drug-likeness (QED) is 0.566. The number of nitrogens with one attached hydrogen (secondary N) is 1. The number of hydrogen-bond acceptors (Lipinski definition) is 3. The Hall–Kier alpha value is -2.02. The molecule has 1 unspecified atom stereocenters. The Bertz CT molecular complexity index is 994. The molecule has 1 N–H and O–H groups in total. The van der Waals surface area contributed by atoms with Gasteiger partial charge in [0.15, 0.2) is 5.82 Å². The van der Waals surface area contributed by atoms with E-state index in [9.17, 15) is 4.79 Å². The number of carbonyl (C=O) groups excluding carboxylic acids is 1. The fourth-order valence-corrected chi connectivity index (χ4v) is 3.40. The Kier molecular flexibility index (Phi) is 6.33. The summed E-state index contributed by atoms with van der Waals surface area (Å²) in [5, 5.41) is 13.2. The Balaban J connectivity index is 1.76. The second kappa shape index (κ2) is 8.55. The summed E-state index contributed by atoms with van der Waals surface area (Å²) in [5.41, 5.74) is 2.46. The average molecular weight is 441 g/mol. The third kappa shape index (κ3) is 4.35. The summed E-state index contributed by atoms with van der Waals surface area (Å²) in [7, 11) is 0. The molecule has 0 radical (unpaired) electrons. The van der Waals surface area contributed by atoms with Crippen LogP contribution >= 0.6 is 34.8 Å². The van der Waals surface area contributed by atoms with E-state index >= 15 is 0 Å². The molecule has 0 saturated carbocycles. The molecule has 1 atom stereocenters. The fraction of sp³-hybridized carbons (Fsp3) is 0.316. The molecule has 28 heavy (non-hydrogen) atoms. The Morgan fingerprint density at radius 3 is 2.39 bits per heavy atom. The van der Waals surface area contributed by atoms with E-state index in [-0.39, 0.29) is 5.91 Å². The van der Waals surface area contributed by atoms with Crippen molar-refractivity contribution in [1.29, 1.82) is 0 Å². The highest BCUT2D eigenvalue weighted by molar-refractivity contribution is 6.33. The molecule has 6 nitrogen and oxygen atoms in total. The lowest BCUT2D eigenvalue weighted by Gasteiger charge is -2.16. The molecule has 9 heteroatoms. The van der Waals surface area contributed by atoms with Crippen molar-refractivity contribution in [3.63, 3.8) is 0 Å². The van der Waals surface area contributed by atoms with Crippen LogP contribution in [0.1, 0.15) is 36.3 Å². The van der Waals surface area contributed by atoms with Gasteiger partial charge in [-0.15, -0.1) is 0 Å². The number of aryl methyl sites for hydroxylation is 1. The molecule has 3 aromatic rings. The Morgan fingerprint density at radius 2 is 1.82 bits per heavy atom. The first kappa shape index (κ1) is 20.7. The first-order valence-corrected chi connectivity index (χ1v) is 9.93. The van der Waals surface area contributed by atoms with E-state index in [4.69, 9.17) is 34.8 Å². The summed E-state index contributed by atoms with van der Waals surface area (Å²) in [6.45, 7) is 6.07. The molecule has 0 aliphatic heterocycles. The van der Waals surface area contributed by atoms with Gasteiger partial charge in [-0.3, -0.25) is 14.2 Å². The van der Waals surface area contributed by atoms with Crippen LogP contribution in [0, 0.1) is 13.8 Å². The number of anilines is 1. The van der Waals surface area contributed by atoms with Crippen LogP contribution in [0.3, 0.4) is 0 Å². The monoisotopic (exact) mass is 439 g/mol. The zero-order chi connectivity index (χ0) is 20.4. The SMILES string of the molecule is CCC(C(=O)Nc1nn(Cc2ccc(Cl)cc2)cc1Cl)n1nc(C)c(Cl)c1C. The van der Waals surface area contributed by atoms with E-state index in [1.54, 1.807) is 15.6 Å². The molecular formula is C19H20Cl3N5O. The molecule has 1 aromatic carbocycles. The number of aromatic nitrogens is 4. The number of carbonyl (C=O) groups is 1. The van der Waals surface area contributed by atoms with E-state index in [2.05, 4.69) is 15.5 Å². The minimum atomic E-state index is -0.510. The number of rotatable bonds is 6. The van der Waals surface area contributed by atoms with Crippen molar-refractivity contribution < 1.29 is 4.79 Å². The highest BCUT2D eigenvalue weighted by Crippen LogP contribution is 2.26. The van der Waals surface area contributed by atoms with Crippen LogP contribution in [-0.2, 0) is 11.3 Å². The van der Waals surface area contributed by atoms with Gasteiger partial charge in [0.2, 0.25) is 5.91 Å². The molecular weight excluding hydrogens is 421 g/mol. The molecule has 2 heterocycles. The van der Waals surface area contributed by atoms with E-state index in [0.717, 1.165) is 11.3 Å². The van der Waals surface area contributed by atoms with E-state index in [1.807, 2.05) is 45.0 Å². The highest BCUT2D eigenvalue weighted by Gasteiger charge is 2.24. The highest BCUT2D eigenvalue weighted by atomic mass is 35.5. The predicted molar refractivity (Wildman–Crippen MR) is 112 cm³/mol. The third-order valence-corrected chi connectivity index (χ3v) is 5.51. The molecule has 0 spiro atoms. The van der Waals surface area contributed by atoms with Gasteiger partial charge in [-0.1, -0.05) is 53.9 Å². The maximum absolute atomic E-state index is 12.8. The van der Waals surface area contributed by atoms with Crippen molar-refractivity contribution in [3.05, 3.63) is 62.5 Å². The van der Waals surface area contributed by atoms with Gasteiger partial charge in [0.25, 0.3) is 0 Å². The van der Waals surface area contributed by atoms with Crippen LogP contribution in [0.4, 0.5) is 5.82 Å². The van der Waals surface area contributed by atoms with Gasteiger partial charge >= 0.3 is 0 Å². The van der Waals surface area contributed by atoms with Crippen molar-refractivity contribution in [1.82, 2.24) is 19.6 Å². The van der Waals surface area contributed by atoms with Crippen molar-refractivity contribution in [2.75, 3.05) is 5.32 Å². The van der Waals surface area contributed by atoms with Crippen LogP contribution in [0.2, 0.25) is 15.1 Å². The maximum atomic E-state index is 12.8. The average Bonchev–Trinajstić information content (AvgIpc) is 3.12. The lowest BCUT2D eigenvalue weighted by molar-refractivity contribution is -0.119. The molecule has 2 aromatic heterocycles. The molecule has 148 valence electrons. The first-order chi connectivity index (χ1) is 13.3. The summed E-state index contributed by atoms with van der Waals surface area (Å²) in [4.78, 5) is 12.8. The summed E-state index contributed by atoms with van der Waals surface area (Å²) < 4.78 is 3.31. The predicted octanol–water partition coefficient (Wildman–Crippen LogP) is 5.29. The summed E-state index contributed by atoms with van der Waals surface area (Å²) in [6.07, 6.45) is 2.22. The zero-order valence-electron chi connectivity index (χ0n) is 15.7. The van der Waals surface area contributed by atoms with Crippen molar-refractivity contribution >= 4 is 46.5 Å². The van der Waals surface area contributed by atoms with Crippen LogP contribution in [0.5, 0.6) is 0 Å². The van der Waals surface area contributed by atoms with Crippen LogP contribution in [-0.4, -0.2) is 25.5 Å². The lowest BCUT2D eigenvalue weighted by atomic mass is 10.2. The number of hydrogen-bond donors (Lipinski definition) is 1. The normalized spacial score (nSPS) is 12.2. The minimum absolute atomic E-state index is 0.247. The molecule has 0 fully saturated rings. The standard InChI is InChI=1S/C19H20Cl3N5O/c1-4-16(27-12(3)17(22)11(2)24-27)19(28)23-18-15(21)10-26(25-18)9-13-5-7-14(20)8-6-13/h5-8,10,16H,4,9H2,1-3H3,(H,23,25,28). The van der Waals surface area contributed by atoms with Crippen molar-refractivity contribution in [3.8, 4) is 0 Å². The second-order valence-electron chi connectivity index (χ2n) is 6.49. The van der Waals surface area contributed by atoms with Gasteiger partial charge in [0.05, 0.1) is 23.0 Å². The Labute approximate surface area is 178 Å². The molecule has 0 aliphatic carbocycles. The third-order valence-electron chi connectivity index (χ3n) is 4.44. The van der Waals surface area contributed by atoms with Gasteiger partial charge in [-0.05, 0) is 38.0 Å². The Morgan fingerprint density at radius 1 is 1.14 bits per heavy atom. The van der Waals surface area contributed by atoms with Crippen molar-refractivity contribution in [2.24, 2.45) is 0 Å². The number of halogens is 3. The first-order valence-electron chi connectivity index (χ1n) is 8.79. The molecule has 1 amide bonds. The van der Waals surface area contributed by atoms with Gasteiger partial charge in [0.1, 0.15) is 11.1 Å². The number of amides is 1. The molecule has 0 aliphatic rings. The van der Waals surface area contributed by atoms with Crippen LogP contribution in [0.15, 0.2) is 30.5 Å². The summed E-state index contributed by atoms with van der Waals surface area (Å²) >= 11 is 18.4. The molecule has 3 rings (SSSR count). The van der Waals surface area contributed by atoms with Crippen molar-refractivity contribution in [2.45, 2.75) is 39.8 Å². The van der Waals surface area contributed by atoms with Crippen LogP contribution < -0.4 is 5.32 Å². The van der Waals surface area contributed by atoms with Gasteiger partial charge < -0.3 is 5.32 Å². The molecule has 0 saturated heterocycles. The number of benzene rings is 1. The summed E-state index contributed by atoms with van der Waals surface area (Å²) in [5.74, 6) is 0.0649. The fourth-order valence-electron chi connectivity index (χ4n) is 2.96. The lowest BCUT2D eigenvalue weighted by Crippen LogP contribution is -2.27. The van der Waals surface area contributed by atoms with E-state index in [0.29, 0.717) is 39.5 Å². The van der Waals surface area contributed by atoms with Gasteiger partial charge in [-0.25, -0.2) is 0 Å². The van der Waals surface area contributed by atoms with E-state index < -0.39 is 6.04 Å². The largest absolute Gasteiger partial charge is 0.306 e. The maximum Gasteiger partial charge on any atom is 0.250 e. The van der Waals surface area contributed by atoms with Crippen LogP contribution in [0.25, 0.3) is 0 Å². The molecule has 0 bridgehead atoms. The number of nitrogens with zero attached hydrogens (tertiary/aromatic N) is 4. The van der Waals surface area contributed by atoms with E-state index in [1.165, 1.54) is 0 Å². The smallest absolute Gasteiger partial charge is 0.250 e. The second-order valence-corrected chi connectivity index (χ2v) is 7.71. The summed E-state index contributed by atoms with van der Waals surface area (Å²) in [6, 6.07) is 6.95. The minimum Gasteiger partial charge on any atom is -0.306 e. The topological polar surface area (TPSA) is 64.7 Å². The zero-order valence-corrected chi connectivity index (χ0v) is 18.0.